The average molecular weight is 232 g/mol. The molecular formula is C16H24O. The van der Waals surface area contributed by atoms with Crippen LogP contribution in [0.25, 0.3) is 0 Å². The lowest BCUT2D eigenvalue weighted by Crippen LogP contribution is -2.10. The van der Waals surface area contributed by atoms with Gasteiger partial charge in [0.15, 0.2) is 0 Å². The summed E-state index contributed by atoms with van der Waals surface area (Å²) >= 11 is 0. The lowest BCUT2D eigenvalue weighted by molar-refractivity contribution is 0.281. The van der Waals surface area contributed by atoms with Gasteiger partial charge >= 0.3 is 0 Å². The van der Waals surface area contributed by atoms with Gasteiger partial charge in [-0.05, 0) is 42.1 Å². The van der Waals surface area contributed by atoms with Crippen molar-refractivity contribution in [3.8, 4) is 0 Å². The van der Waals surface area contributed by atoms with Crippen molar-refractivity contribution in [2.75, 3.05) is 6.61 Å². The molecule has 0 spiro atoms. The molecule has 0 heterocycles. The molecule has 0 fully saturated rings. The number of allylic oxidation sites excluding steroid dienone is 4. The maximum Gasteiger partial charge on any atom is 0.0431 e. The maximum absolute atomic E-state index is 8.71. The molecule has 0 radical (unpaired) electrons. The van der Waals surface area contributed by atoms with Gasteiger partial charge in [-0.25, -0.2) is 0 Å². The minimum atomic E-state index is 0.336. The molecule has 0 aromatic heterocycles. The fourth-order valence-electron chi connectivity index (χ4n) is 2.15. The second-order valence-corrected chi connectivity index (χ2v) is 4.96. The summed E-state index contributed by atoms with van der Waals surface area (Å²) in [5, 5.41) is 8.71. The van der Waals surface area contributed by atoms with Gasteiger partial charge in [0, 0.05) is 6.61 Å². The third-order valence-electron chi connectivity index (χ3n) is 3.63. The molecule has 1 N–H and O–H groups in total. The van der Waals surface area contributed by atoms with E-state index in [1.807, 2.05) is 12.2 Å². The highest BCUT2D eigenvalue weighted by Gasteiger charge is 2.14. The standard InChI is InChI=1S/C16H24O/c1-14(10-6-3-4-9-13-17)15(2)16-11-7-5-8-12-16/h7,11-12,14-15,17H,3-4,6,9-10,13H2,1-2H3. The summed E-state index contributed by atoms with van der Waals surface area (Å²) in [6, 6.07) is 0. The highest BCUT2D eigenvalue weighted by molar-refractivity contribution is 5.29. The SMILES string of the molecule is CC(CCCCCCO)C(C)C1=CC=C=C=C1. The van der Waals surface area contributed by atoms with Gasteiger partial charge in [-0.3, -0.25) is 0 Å². The van der Waals surface area contributed by atoms with Gasteiger partial charge in [-0.15, -0.1) is 0 Å². The maximum atomic E-state index is 8.71. The molecule has 94 valence electrons. The summed E-state index contributed by atoms with van der Waals surface area (Å²) in [4.78, 5) is 0. The molecular weight excluding hydrogens is 208 g/mol. The van der Waals surface area contributed by atoms with Crippen molar-refractivity contribution in [1.29, 1.82) is 0 Å². The third-order valence-corrected chi connectivity index (χ3v) is 3.63. The summed E-state index contributed by atoms with van der Waals surface area (Å²) in [5.41, 5.74) is 7.34. The molecule has 17 heavy (non-hydrogen) atoms. The van der Waals surface area contributed by atoms with Crippen LogP contribution in [0.15, 0.2) is 35.3 Å². The summed E-state index contributed by atoms with van der Waals surface area (Å²) < 4.78 is 0. The van der Waals surface area contributed by atoms with Crippen LogP contribution in [0.1, 0.15) is 46.0 Å². The van der Waals surface area contributed by atoms with E-state index in [4.69, 9.17) is 5.11 Å². The van der Waals surface area contributed by atoms with E-state index in [1.165, 1.54) is 24.8 Å². The van der Waals surface area contributed by atoms with Gasteiger partial charge in [-0.1, -0.05) is 51.0 Å². The first-order valence-corrected chi connectivity index (χ1v) is 6.74. The highest BCUT2D eigenvalue weighted by atomic mass is 16.2. The molecule has 0 aliphatic heterocycles. The zero-order chi connectivity index (χ0) is 12.5. The van der Waals surface area contributed by atoms with E-state index in [0.29, 0.717) is 18.4 Å². The first-order valence-electron chi connectivity index (χ1n) is 6.74. The van der Waals surface area contributed by atoms with Crippen LogP contribution in [0.3, 0.4) is 0 Å². The molecule has 1 rings (SSSR count). The van der Waals surface area contributed by atoms with E-state index in [-0.39, 0.29) is 0 Å². The number of aliphatic hydroxyl groups excluding tert-OH is 1. The Kier molecular flexibility index (Phi) is 6.74. The third kappa shape index (κ3) is 5.24. The van der Waals surface area contributed by atoms with Crippen molar-refractivity contribution in [2.24, 2.45) is 11.8 Å². The fourth-order valence-corrected chi connectivity index (χ4v) is 2.15. The highest BCUT2D eigenvalue weighted by Crippen LogP contribution is 2.26. The van der Waals surface area contributed by atoms with Crippen molar-refractivity contribution in [1.82, 2.24) is 0 Å². The fraction of sp³-hybridized carbons (Fsp3) is 0.625. The minimum absolute atomic E-state index is 0.336. The van der Waals surface area contributed by atoms with Crippen molar-refractivity contribution in [3.05, 3.63) is 35.3 Å². The summed E-state index contributed by atoms with van der Waals surface area (Å²) in [6.45, 7) is 4.96. The number of unbranched alkanes of at least 4 members (excludes halogenated alkanes) is 3. The lowest BCUT2D eigenvalue weighted by Gasteiger charge is -2.21. The molecule has 0 amide bonds. The van der Waals surface area contributed by atoms with Crippen molar-refractivity contribution >= 4 is 0 Å². The Morgan fingerprint density at radius 3 is 2.53 bits per heavy atom. The van der Waals surface area contributed by atoms with E-state index in [1.54, 1.807) is 0 Å². The Hall–Kier alpha value is -1.00. The minimum Gasteiger partial charge on any atom is -0.396 e. The predicted octanol–water partition coefficient (Wildman–Crippen LogP) is 4.01. The zero-order valence-corrected chi connectivity index (χ0v) is 11.1. The van der Waals surface area contributed by atoms with E-state index in [2.05, 4.69) is 31.4 Å². The molecule has 0 saturated heterocycles. The first kappa shape index (κ1) is 14.1. The molecule has 2 unspecified atom stereocenters. The van der Waals surface area contributed by atoms with Crippen LogP contribution in [0, 0.1) is 11.8 Å². The molecule has 1 aliphatic rings. The monoisotopic (exact) mass is 232 g/mol. The van der Waals surface area contributed by atoms with Crippen molar-refractivity contribution in [3.63, 3.8) is 0 Å². The van der Waals surface area contributed by atoms with Crippen molar-refractivity contribution < 1.29 is 5.11 Å². The van der Waals surface area contributed by atoms with Crippen LogP contribution < -0.4 is 0 Å². The molecule has 0 bridgehead atoms. The molecule has 0 saturated carbocycles. The Morgan fingerprint density at radius 1 is 1.12 bits per heavy atom. The lowest BCUT2D eigenvalue weighted by atomic mass is 9.84. The van der Waals surface area contributed by atoms with Gasteiger partial charge in [-0.2, -0.15) is 0 Å². The topological polar surface area (TPSA) is 20.2 Å². The van der Waals surface area contributed by atoms with Gasteiger partial charge in [0.1, 0.15) is 0 Å². The Balaban J connectivity index is 2.23. The zero-order valence-electron chi connectivity index (χ0n) is 11.1. The quantitative estimate of drug-likeness (QED) is 0.495. The second kappa shape index (κ2) is 8.14. The van der Waals surface area contributed by atoms with Crippen LogP contribution >= 0.6 is 0 Å². The molecule has 1 heteroatoms. The van der Waals surface area contributed by atoms with Crippen molar-refractivity contribution in [2.45, 2.75) is 46.0 Å². The summed E-state index contributed by atoms with van der Waals surface area (Å²) in [6.07, 6.45) is 12.0. The molecule has 2 atom stereocenters. The van der Waals surface area contributed by atoms with Crippen LogP contribution in [0.5, 0.6) is 0 Å². The normalized spacial score (nSPS) is 17.0. The van der Waals surface area contributed by atoms with E-state index in [9.17, 15) is 0 Å². The Bertz CT molecular complexity index is 339. The summed E-state index contributed by atoms with van der Waals surface area (Å²) in [5.74, 6) is 1.30. The second-order valence-electron chi connectivity index (χ2n) is 4.96. The molecule has 1 nitrogen and oxygen atoms in total. The van der Waals surface area contributed by atoms with Gasteiger partial charge in [0.2, 0.25) is 0 Å². The Morgan fingerprint density at radius 2 is 1.88 bits per heavy atom. The smallest absolute Gasteiger partial charge is 0.0431 e. The first-order chi connectivity index (χ1) is 8.25. The largest absolute Gasteiger partial charge is 0.396 e. The van der Waals surface area contributed by atoms with E-state index in [0.717, 1.165) is 12.8 Å². The van der Waals surface area contributed by atoms with Gasteiger partial charge < -0.3 is 5.11 Å². The number of aliphatic hydroxyl groups is 1. The van der Waals surface area contributed by atoms with Crippen LogP contribution in [-0.2, 0) is 0 Å². The predicted molar refractivity (Wildman–Crippen MR) is 72.7 cm³/mol. The van der Waals surface area contributed by atoms with E-state index < -0.39 is 0 Å². The molecule has 1 aliphatic carbocycles. The molecule has 0 aromatic rings. The van der Waals surface area contributed by atoms with Gasteiger partial charge in [0.05, 0.1) is 0 Å². The number of rotatable bonds is 8. The van der Waals surface area contributed by atoms with Crippen LogP contribution in [0.2, 0.25) is 0 Å². The number of hydrogen-bond acceptors (Lipinski definition) is 1. The van der Waals surface area contributed by atoms with E-state index >= 15 is 0 Å². The summed E-state index contributed by atoms with van der Waals surface area (Å²) in [7, 11) is 0. The average Bonchev–Trinajstić information content (AvgIpc) is 2.38. The van der Waals surface area contributed by atoms with Crippen LogP contribution in [-0.4, -0.2) is 11.7 Å². The molecule has 0 aromatic carbocycles. The number of hydrogen-bond donors (Lipinski definition) is 1. The van der Waals surface area contributed by atoms with Gasteiger partial charge in [0.25, 0.3) is 0 Å². The van der Waals surface area contributed by atoms with Crippen LogP contribution in [0.4, 0.5) is 0 Å². The Labute approximate surface area is 105 Å².